The molecule has 5 heteroatoms. The zero-order chi connectivity index (χ0) is 15.5. The first-order valence-corrected chi connectivity index (χ1v) is 8.76. The Morgan fingerprint density at radius 3 is 2.14 bits per heavy atom. The number of rotatable bonds is 11. The summed E-state index contributed by atoms with van der Waals surface area (Å²) >= 11 is 12.4. The van der Waals surface area contributed by atoms with Crippen molar-refractivity contribution in [1.82, 2.24) is 5.32 Å². The Balaban J connectivity index is 0.00000441. The Morgan fingerprint density at radius 2 is 1.55 bits per heavy atom. The fourth-order valence-electron chi connectivity index (χ4n) is 2.26. The fourth-order valence-corrected chi connectivity index (χ4v) is 2.90. The van der Waals surface area contributed by atoms with E-state index in [0.717, 1.165) is 18.7 Å². The summed E-state index contributed by atoms with van der Waals surface area (Å²) in [6.45, 7) is 6.56. The number of ether oxygens (including phenoxy) is 1. The highest BCUT2D eigenvalue weighted by atomic mass is 35.5. The quantitative estimate of drug-likeness (QED) is 0.465. The molecule has 1 aromatic carbocycles. The number of benzene rings is 1. The van der Waals surface area contributed by atoms with Crippen LogP contribution in [0.3, 0.4) is 0 Å². The van der Waals surface area contributed by atoms with Gasteiger partial charge < -0.3 is 10.1 Å². The van der Waals surface area contributed by atoms with Crippen molar-refractivity contribution in [2.24, 2.45) is 0 Å². The molecule has 0 aliphatic carbocycles. The van der Waals surface area contributed by atoms with Crippen molar-refractivity contribution in [2.45, 2.75) is 58.9 Å². The first-order chi connectivity index (χ1) is 10.2. The minimum absolute atomic E-state index is 0. The van der Waals surface area contributed by atoms with Crippen LogP contribution in [0.1, 0.15) is 57.9 Å². The molecule has 0 radical (unpaired) electrons. The second kappa shape index (κ2) is 13.3. The van der Waals surface area contributed by atoms with E-state index in [1.165, 1.54) is 38.5 Å². The molecule has 2 nitrogen and oxygen atoms in total. The molecule has 0 amide bonds. The number of nitrogens with one attached hydrogen (secondary N) is 1. The van der Waals surface area contributed by atoms with Crippen LogP contribution in [0.15, 0.2) is 12.1 Å². The number of hydrogen-bond acceptors (Lipinski definition) is 2. The molecule has 0 aliphatic heterocycles. The number of unbranched alkanes of at least 4 members (excludes halogenated alkanes) is 5. The highest BCUT2D eigenvalue weighted by Gasteiger charge is 2.08. The van der Waals surface area contributed by atoms with E-state index in [-0.39, 0.29) is 12.4 Å². The predicted octanol–water partition coefficient (Wildman–Crippen LogP) is 6.26. The smallest absolute Gasteiger partial charge is 0.156 e. The number of halogens is 3. The van der Waals surface area contributed by atoms with Crippen LogP contribution in [-0.2, 0) is 6.54 Å². The maximum Gasteiger partial charge on any atom is 0.156 e. The van der Waals surface area contributed by atoms with E-state index < -0.39 is 0 Å². The van der Waals surface area contributed by atoms with E-state index in [4.69, 9.17) is 27.9 Å². The Labute approximate surface area is 151 Å². The standard InChI is InChI=1S/C17H27Cl2NO.ClH/c1-3-5-6-7-8-9-10-20-13-14-11-15(18)17(21-4-2)16(19)12-14;/h11-12,20H,3-10,13H2,1-2H3;1H. The zero-order valence-electron chi connectivity index (χ0n) is 13.6. The van der Waals surface area contributed by atoms with Crippen molar-refractivity contribution < 1.29 is 4.74 Å². The van der Waals surface area contributed by atoms with Gasteiger partial charge >= 0.3 is 0 Å². The van der Waals surface area contributed by atoms with Gasteiger partial charge in [-0.15, -0.1) is 12.4 Å². The lowest BCUT2D eigenvalue weighted by molar-refractivity contribution is 0.340. The van der Waals surface area contributed by atoms with Crippen LogP contribution in [0.4, 0.5) is 0 Å². The zero-order valence-corrected chi connectivity index (χ0v) is 15.9. The Morgan fingerprint density at radius 1 is 0.955 bits per heavy atom. The third kappa shape index (κ3) is 8.47. The van der Waals surface area contributed by atoms with Crippen LogP contribution in [0, 0.1) is 0 Å². The van der Waals surface area contributed by atoms with Crippen molar-refractivity contribution in [1.29, 1.82) is 0 Å². The summed E-state index contributed by atoms with van der Waals surface area (Å²) in [6, 6.07) is 3.85. The molecule has 1 rings (SSSR count). The van der Waals surface area contributed by atoms with Crippen LogP contribution in [-0.4, -0.2) is 13.2 Å². The van der Waals surface area contributed by atoms with E-state index in [1.807, 2.05) is 19.1 Å². The molecule has 0 bridgehead atoms. The highest BCUT2D eigenvalue weighted by molar-refractivity contribution is 6.37. The summed E-state index contributed by atoms with van der Waals surface area (Å²) in [5.74, 6) is 0.584. The molecule has 0 saturated heterocycles. The minimum Gasteiger partial charge on any atom is -0.491 e. The maximum absolute atomic E-state index is 6.19. The first-order valence-electron chi connectivity index (χ1n) is 8.00. The topological polar surface area (TPSA) is 21.3 Å². The van der Waals surface area contributed by atoms with Crippen molar-refractivity contribution in [3.63, 3.8) is 0 Å². The van der Waals surface area contributed by atoms with E-state index in [9.17, 15) is 0 Å². The van der Waals surface area contributed by atoms with Gasteiger partial charge in [-0.3, -0.25) is 0 Å². The Bertz CT molecular complexity index is 390. The van der Waals surface area contributed by atoms with Crippen LogP contribution in [0.2, 0.25) is 10.0 Å². The lowest BCUT2D eigenvalue weighted by Crippen LogP contribution is -2.14. The largest absolute Gasteiger partial charge is 0.491 e. The van der Waals surface area contributed by atoms with Crippen LogP contribution < -0.4 is 10.1 Å². The summed E-state index contributed by atoms with van der Waals surface area (Å²) in [5.41, 5.74) is 1.10. The lowest BCUT2D eigenvalue weighted by Gasteiger charge is -2.11. The van der Waals surface area contributed by atoms with Crippen molar-refractivity contribution in [3.8, 4) is 5.75 Å². The molecule has 0 aromatic heterocycles. The molecule has 0 unspecified atom stereocenters. The SMILES string of the molecule is CCCCCCCCNCc1cc(Cl)c(OCC)c(Cl)c1.Cl. The summed E-state index contributed by atoms with van der Waals surface area (Å²) in [6.07, 6.45) is 7.89. The molecule has 0 saturated carbocycles. The molecule has 22 heavy (non-hydrogen) atoms. The highest BCUT2D eigenvalue weighted by Crippen LogP contribution is 2.34. The van der Waals surface area contributed by atoms with E-state index in [2.05, 4.69) is 12.2 Å². The lowest BCUT2D eigenvalue weighted by atomic mass is 10.1. The Hall–Kier alpha value is -0.150. The molecule has 0 atom stereocenters. The first kappa shape index (κ1) is 21.9. The van der Waals surface area contributed by atoms with Gasteiger partial charge in [-0.1, -0.05) is 62.2 Å². The van der Waals surface area contributed by atoms with Gasteiger partial charge in [0.15, 0.2) is 5.75 Å². The molecular weight excluding hydrogens is 341 g/mol. The predicted molar refractivity (Wildman–Crippen MR) is 100.0 cm³/mol. The fraction of sp³-hybridized carbons (Fsp3) is 0.647. The van der Waals surface area contributed by atoms with Crippen molar-refractivity contribution in [3.05, 3.63) is 27.7 Å². The third-order valence-electron chi connectivity index (χ3n) is 3.38. The average molecular weight is 369 g/mol. The summed E-state index contributed by atoms with van der Waals surface area (Å²) < 4.78 is 5.43. The van der Waals surface area contributed by atoms with Gasteiger partial charge in [-0.2, -0.15) is 0 Å². The van der Waals surface area contributed by atoms with Crippen molar-refractivity contribution in [2.75, 3.05) is 13.2 Å². The van der Waals surface area contributed by atoms with E-state index in [1.54, 1.807) is 0 Å². The van der Waals surface area contributed by atoms with Crippen molar-refractivity contribution >= 4 is 35.6 Å². The summed E-state index contributed by atoms with van der Waals surface area (Å²) in [4.78, 5) is 0. The monoisotopic (exact) mass is 367 g/mol. The van der Waals surface area contributed by atoms with Crippen LogP contribution in [0.25, 0.3) is 0 Å². The third-order valence-corrected chi connectivity index (χ3v) is 3.94. The van der Waals surface area contributed by atoms with Crippen LogP contribution >= 0.6 is 35.6 Å². The maximum atomic E-state index is 6.19. The molecule has 1 N–H and O–H groups in total. The van der Waals surface area contributed by atoms with Gasteiger partial charge in [0.25, 0.3) is 0 Å². The molecule has 0 heterocycles. The Kier molecular flexibility index (Phi) is 13.2. The second-order valence-corrected chi connectivity index (χ2v) is 6.08. The summed E-state index contributed by atoms with van der Waals surface area (Å²) in [5, 5.41) is 4.61. The average Bonchev–Trinajstić information content (AvgIpc) is 2.46. The summed E-state index contributed by atoms with van der Waals surface area (Å²) in [7, 11) is 0. The normalized spacial score (nSPS) is 10.4. The molecular formula is C17H28Cl3NO. The molecule has 0 fully saturated rings. The van der Waals surface area contributed by atoms with E-state index in [0.29, 0.717) is 22.4 Å². The number of hydrogen-bond donors (Lipinski definition) is 1. The van der Waals surface area contributed by atoms with Gasteiger partial charge in [0.05, 0.1) is 16.7 Å². The van der Waals surface area contributed by atoms with Gasteiger partial charge in [-0.05, 0) is 37.6 Å². The molecule has 0 aliphatic rings. The van der Waals surface area contributed by atoms with Gasteiger partial charge in [0.2, 0.25) is 0 Å². The van der Waals surface area contributed by atoms with Crippen LogP contribution in [0.5, 0.6) is 5.75 Å². The molecule has 1 aromatic rings. The van der Waals surface area contributed by atoms with Gasteiger partial charge in [0, 0.05) is 6.54 Å². The molecule has 128 valence electrons. The second-order valence-electron chi connectivity index (χ2n) is 5.27. The molecule has 0 spiro atoms. The van der Waals surface area contributed by atoms with Gasteiger partial charge in [0.1, 0.15) is 0 Å². The van der Waals surface area contributed by atoms with E-state index >= 15 is 0 Å². The minimum atomic E-state index is 0. The van der Waals surface area contributed by atoms with Gasteiger partial charge in [-0.25, -0.2) is 0 Å².